The minimum Gasteiger partial charge on any atom is -0.479 e. The average Bonchev–Trinajstić information content (AvgIpc) is 3.27. The van der Waals surface area contributed by atoms with Gasteiger partial charge < -0.3 is 30.3 Å². The second kappa shape index (κ2) is 12.4. The van der Waals surface area contributed by atoms with Gasteiger partial charge in [0.05, 0.1) is 13.0 Å². The molecule has 3 aromatic rings. The fourth-order valence-electron chi connectivity index (χ4n) is 4.41. The number of aliphatic hydroxyl groups is 1. The van der Waals surface area contributed by atoms with Gasteiger partial charge in [-0.2, -0.15) is 0 Å². The molecule has 0 aromatic heterocycles. The number of hydrogen-bond acceptors (Lipinski definition) is 7. The van der Waals surface area contributed by atoms with E-state index in [9.17, 15) is 24.3 Å². The third-order valence-corrected chi connectivity index (χ3v) is 6.63. The number of amides is 2. The molecule has 0 spiro atoms. The van der Waals surface area contributed by atoms with E-state index in [1.165, 1.54) is 0 Å². The van der Waals surface area contributed by atoms with E-state index in [1.54, 1.807) is 24.3 Å². The van der Waals surface area contributed by atoms with Gasteiger partial charge in [0.15, 0.2) is 5.60 Å². The zero-order valence-electron chi connectivity index (χ0n) is 21.8. The number of nitrogens with one attached hydrogen (secondary N) is 2. The number of alkyl carbamates (subject to hydrolysis) is 1. The number of rotatable bonds is 11. The molecule has 1 aliphatic carbocycles. The molecule has 0 fully saturated rings. The lowest BCUT2D eigenvalue weighted by Gasteiger charge is -2.22. The van der Waals surface area contributed by atoms with Crippen LogP contribution in [0.15, 0.2) is 78.9 Å². The van der Waals surface area contributed by atoms with Gasteiger partial charge in [0.2, 0.25) is 5.91 Å². The Morgan fingerprint density at radius 1 is 0.875 bits per heavy atom. The fourth-order valence-corrected chi connectivity index (χ4v) is 4.41. The first-order valence-electron chi connectivity index (χ1n) is 12.7. The van der Waals surface area contributed by atoms with Gasteiger partial charge in [0, 0.05) is 5.92 Å². The first-order chi connectivity index (χ1) is 19.2. The van der Waals surface area contributed by atoms with Crippen LogP contribution < -0.4 is 10.6 Å². The zero-order valence-corrected chi connectivity index (χ0v) is 21.8. The molecule has 1 unspecified atom stereocenters. The molecule has 40 heavy (non-hydrogen) atoms. The van der Waals surface area contributed by atoms with Crippen LogP contribution in [0.4, 0.5) is 4.79 Å². The largest absolute Gasteiger partial charge is 0.479 e. The van der Waals surface area contributed by atoms with Crippen molar-refractivity contribution >= 4 is 23.9 Å². The van der Waals surface area contributed by atoms with E-state index in [0.717, 1.165) is 34.7 Å². The van der Waals surface area contributed by atoms with E-state index in [-0.39, 0.29) is 19.1 Å². The van der Waals surface area contributed by atoms with Crippen LogP contribution in [0.2, 0.25) is 0 Å². The highest BCUT2D eigenvalue weighted by molar-refractivity contribution is 5.90. The second-order valence-electron chi connectivity index (χ2n) is 9.67. The van der Waals surface area contributed by atoms with Crippen LogP contribution in [0.1, 0.15) is 36.0 Å². The molecule has 4 N–H and O–H groups in total. The summed E-state index contributed by atoms with van der Waals surface area (Å²) in [7, 11) is 0. The Hall–Kier alpha value is -4.70. The summed E-state index contributed by atoms with van der Waals surface area (Å²) in [5.74, 6) is -3.41. The van der Waals surface area contributed by atoms with Crippen molar-refractivity contribution in [3.05, 3.63) is 95.6 Å². The molecule has 3 aromatic carbocycles. The number of ether oxygens (including phenoxy) is 2. The summed E-state index contributed by atoms with van der Waals surface area (Å²) >= 11 is 0. The number of carboxylic acids is 1. The maximum Gasteiger partial charge on any atom is 0.407 e. The standard InChI is InChI=1S/C30H30N2O8/c1-30(38,28(35)36)18-31-27(34)25(15-26(33)39-16-19-9-3-2-4-10-19)32-29(37)40-17-24-22-13-7-5-11-20(22)21-12-6-8-14-23(21)24/h2-14,24-25,38H,15-18H2,1H3,(H,31,34)(H,32,37)(H,35,36)/t25-,30?/m0/s1. The van der Waals surface area contributed by atoms with Crippen LogP contribution in [0.25, 0.3) is 11.1 Å². The van der Waals surface area contributed by atoms with Gasteiger partial charge in [-0.15, -0.1) is 0 Å². The average molecular weight is 547 g/mol. The fraction of sp³-hybridized carbons (Fsp3) is 0.267. The second-order valence-corrected chi connectivity index (χ2v) is 9.67. The highest BCUT2D eigenvalue weighted by Crippen LogP contribution is 2.44. The van der Waals surface area contributed by atoms with Gasteiger partial charge in [-0.25, -0.2) is 9.59 Å². The van der Waals surface area contributed by atoms with Crippen molar-refractivity contribution in [2.24, 2.45) is 0 Å². The highest BCUT2D eigenvalue weighted by atomic mass is 16.5. The lowest BCUT2D eigenvalue weighted by Crippen LogP contribution is -2.53. The third-order valence-electron chi connectivity index (χ3n) is 6.63. The van der Waals surface area contributed by atoms with E-state index in [4.69, 9.17) is 14.6 Å². The third kappa shape index (κ3) is 6.83. The molecule has 1 aliphatic rings. The summed E-state index contributed by atoms with van der Waals surface area (Å²) in [6.45, 7) is 0.313. The van der Waals surface area contributed by atoms with E-state index in [1.807, 2.05) is 54.6 Å². The quantitative estimate of drug-likeness (QED) is 0.268. The number of hydrogen-bond donors (Lipinski definition) is 4. The summed E-state index contributed by atoms with van der Waals surface area (Å²) in [6, 6.07) is 23.1. The number of carbonyl (C=O) groups is 4. The molecule has 0 radical (unpaired) electrons. The molecule has 0 saturated carbocycles. The first-order valence-corrected chi connectivity index (χ1v) is 12.7. The lowest BCUT2D eigenvalue weighted by atomic mass is 9.98. The van der Waals surface area contributed by atoms with Crippen molar-refractivity contribution in [2.45, 2.75) is 37.5 Å². The summed E-state index contributed by atoms with van der Waals surface area (Å²) in [6.07, 6.45) is -1.49. The van der Waals surface area contributed by atoms with Gasteiger partial charge in [-0.05, 0) is 34.7 Å². The number of carbonyl (C=O) groups excluding carboxylic acids is 3. The molecule has 208 valence electrons. The minimum atomic E-state index is -2.25. The topological polar surface area (TPSA) is 151 Å². The van der Waals surface area contributed by atoms with E-state index >= 15 is 0 Å². The van der Waals surface area contributed by atoms with Crippen LogP contribution in [0.5, 0.6) is 0 Å². The number of aliphatic carboxylic acids is 1. The van der Waals surface area contributed by atoms with Gasteiger partial charge in [-0.3, -0.25) is 9.59 Å². The SMILES string of the molecule is CC(O)(CNC(=O)[C@H](CC(=O)OCc1ccccc1)NC(=O)OCC1c2ccccc2-c2ccccc21)C(=O)O. The predicted octanol–water partition coefficient (Wildman–Crippen LogP) is 2.98. The van der Waals surface area contributed by atoms with Gasteiger partial charge in [0.1, 0.15) is 19.3 Å². The summed E-state index contributed by atoms with van der Waals surface area (Å²) < 4.78 is 10.7. The molecule has 0 bridgehead atoms. The maximum absolute atomic E-state index is 12.9. The van der Waals surface area contributed by atoms with Crippen molar-refractivity contribution in [1.29, 1.82) is 0 Å². The molecule has 10 nitrogen and oxygen atoms in total. The van der Waals surface area contributed by atoms with Crippen molar-refractivity contribution in [3.8, 4) is 11.1 Å². The van der Waals surface area contributed by atoms with Crippen LogP contribution >= 0.6 is 0 Å². The number of carboxylic acid groups (broad SMARTS) is 1. The van der Waals surface area contributed by atoms with Gasteiger partial charge >= 0.3 is 18.0 Å². The molecule has 0 saturated heterocycles. The number of benzene rings is 3. The Morgan fingerprint density at radius 2 is 1.45 bits per heavy atom. The molecule has 2 atom stereocenters. The van der Waals surface area contributed by atoms with Crippen molar-refractivity contribution in [2.75, 3.05) is 13.2 Å². The molecule has 0 heterocycles. The highest BCUT2D eigenvalue weighted by Gasteiger charge is 2.33. The molecular formula is C30H30N2O8. The van der Waals surface area contributed by atoms with Crippen LogP contribution in [-0.4, -0.2) is 58.9 Å². The van der Waals surface area contributed by atoms with E-state index in [0.29, 0.717) is 0 Å². The van der Waals surface area contributed by atoms with Crippen molar-refractivity contribution in [1.82, 2.24) is 10.6 Å². The first kappa shape index (κ1) is 28.3. The number of fused-ring (bicyclic) bond motifs is 3. The van der Waals surface area contributed by atoms with Gasteiger partial charge in [-0.1, -0.05) is 78.9 Å². The van der Waals surface area contributed by atoms with Crippen molar-refractivity contribution < 1.29 is 38.9 Å². The molecule has 0 aliphatic heterocycles. The Bertz CT molecular complexity index is 1340. The maximum atomic E-state index is 12.9. The Balaban J connectivity index is 1.41. The van der Waals surface area contributed by atoms with Crippen molar-refractivity contribution in [3.63, 3.8) is 0 Å². The lowest BCUT2D eigenvalue weighted by molar-refractivity contribution is -0.156. The van der Waals surface area contributed by atoms with Crippen LogP contribution in [-0.2, 0) is 30.5 Å². The van der Waals surface area contributed by atoms with E-state index < -0.39 is 48.5 Å². The summed E-state index contributed by atoms with van der Waals surface area (Å²) in [4.78, 5) is 49.4. The van der Waals surface area contributed by atoms with E-state index in [2.05, 4.69) is 10.6 Å². The smallest absolute Gasteiger partial charge is 0.407 e. The number of esters is 1. The molecule has 4 rings (SSSR count). The zero-order chi connectivity index (χ0) is 28.7. The van der Waals surface area contributed by atoms with Gasteiger partial charge in [0.25, 0.3) is 0 Å². The molecule has 2 amide bonds. The summed E-state index contributed by atoms with van der Waals surface area (Å²) in [5.41, 5.74) is 2.60. The normalized spacial score (nSPS) is 14.2. The predicted molar refractivity (Wildman–Crippen MR) is 144 cm³/mol. The van der Waals surface area contributed by atoms with Crippen LogP contribution in [0.3, 0.4) is 0 Å². The Morgan fingerprint density at radius 3 is 2.05 bits per heavy atom. The monoisotopic (exact) mass is 546 g/mol. The Labute approximate surface area is 230 Å². The summed E-state index contributed by atoms with van der Waals surface area (Å²) in [5, 5.41) is 23.7. The molecule has 10 heteroatoms. The Kier molecular flexibility index (Phi) is 8.80. The minimum absolute atomic E-state index is 0.0135. The van der Waals surface area contributed by atoms with Crippen LogP contribution in [0, 0.1) is 0 Å². The molecular weight excluding hydrogens is 516 g/mol.